The molecule has 0 unspecified atom stereocenters. The summed E-state index contributed by atoms with van der Waals surface area (Å²) in [5.74, 6) is 0.344. The number of aliphatic hydroxyl groups is 1. The van der Waals surface area contributed by atoms with Crippen LogP contribution in [0.4, 0.5) is 5.82 Å². The molecule has 0 spiro atoms. The van der Waals surface area contributed by atoms with Crippen molar-refractivity contribution in [3.05, 3.63) is 17.0 Å². The molecule has 1 rings (SSSR count). The maximum atomic E-state index is 8.63. The number of nitrogens with zero attached hydrogens (tertiary/aromatic N) is 3. The van der Waals surface area contributed by atoms with Crippen molar-refractivity contribution >= 4 is 17.4 Å². The van der Waals surface area contributed by atoms with Crippen molar-refractivity contribution in [1.82, 2.24) is 9.97 Å². The number of anilines is 1. The van der Waals surface area contributed by atoms with Gasteiger partial charge in [-0.25, -0.2) is 4.98 Å². The van der Waals surface area contributed by atoms with Gasteiger partial charge in [-0.05, 0) is 11.6 Å². The lowest BCUT2D eigenvalue weighted by molar-refractivity contribution is 0.311. The zero-order valence-electron chi connectivity index (χ0n) is 6.66. The van der Waals surface area contributed by atoms with Crippen LogP contribution in [0.15, 0.2) is 6.20 Å². The molecule has 0 amide bonds. The molecular weight excluding hydrogens is 192 g/mol. The monoisotopic (exact) mass is 198 g/mol. The quantitative estimate of drug-likeness (QED) is 0.688. The van der Waals surface area contributed by atoms with Gasteiger partial charge in [0, 0.05) is 6.54 Å². The lowest BCUT2D eigenvalue weighted by Gasteiger charge is -2.04. The van der Waals surface area contributed by atoms with Crippen LogP contribution in [0.5, 0.6) is 0 Å². The average Bonchev–Trinajstić information content (AvgIpc) is 2.15. The first-order valence-corrected chi connectivity index (χ1v) is 3.93. The Hall–Kier alpha value is -1.38. The van der Waals surface area contributed by atoms with Crippen LogP contribution in [0.2, 0.25) is 5.28 Å². The molecule has 0 atom stereocenters. The molecule has 1 heterocycles. The number of nitrogens with one attached hydrogen (secondary N) is 1. The Kier molecular flexibility index (Phi) is 3.43. The lowest BCUT2D eigenvalue weighted by atomic mass is 10.3. The van der Waals surface area contributed by atoms with Crippen molar-refractivity contribution in [2.45, 2.75) is 0 Å². The molecule has 68 valence electrons. The highest BCUT2D eigenvalue weighted by atomic mass is 35.5. The van der Waals surface area contributed by atoms with Crippen molar-refractivity contribution in [1.29, 1.82) is 5.26 Å². The third-order valence-corrected chi connectivity index (χ3v) is 1.47. The molecule has 0 aliphatic heterocycles. The van der Waals surface area contributed by atoms with Crippen LogP contribution in [0.25, 0.3) is 0 Å². The Labute approximate surface area is 80.0 Å². The lowest BCUT2D eigenvalue weighted by Crippen LogP contribution is -2.08. The first-order chi connectivity index (χ1) is 6.27. The van der Waals surface area contributed by atoms with Crippen molar-refractivity contribution in [3.63, 3.8) is 0 Å². The van der Waals surface area contributed by atoms with Gasteiger partial charge in [-0.15, -0.1) is 0 Å². The Morgan fingerprint density at radius 2 is 2.46 bits per heavy atom. The van der Waals surface area contributed by atoms with Gasteiger partial charge >= 0.3 is 0 Å². The molecule has 2 N–H and O–H groups in total. The summed E-state index contributed by atoms with van der Waals surface area (Å²) in [6.07, 6.45) is 1.33. The Bertz CT molecular complexity index is 336. The summed E-state index contributed by atoms with van der Waals surface area (Å²) in [6.45, 7) is 0.286. The Morgan fingerprint density at radius 3 is 3.08 bits per heavy atom. The average molecular weight is 199 g/mol. The summed E-state index contributed by atoms with van der Waals surface area (Å²) >= 11 is 5.52. The molecule has 0 bridgehead atoms. The smallest absolute Gasteiger partial charge is 0.224 e. The van der Waals surface area contributed by atoms with Gasteiger partial charge in [-0.1, -0.05) is 0 Å². The minimum absolute atomic E-state index is 0.0352. The number of aromatic nitrogens is 2. The topological polar surface area (TPSA) is 81.8 Å². The van der Waals surface area contributed by atoms with Crippen molar-refractivity contribution in [2.75, 3.05) is 18.5 Å². The SMILES string of the molecule is N#Cc1cnc(Cl)nc1NCCO. The second-order valence-electron chi connectivity index (χ2n) is 2.16. The van der Waals surface area contributed by atoms with Crippen LogP contribution in [0, 0.1) is 11.3 Å². The largest absolute Gasteiger partial charge is 0.395 e. The summed E-state index contributed by atoms with van der Waals surface area (Å²) in [4.78, 5) is 7.44. The first-order valence-electron chi connectivity index (χ1n) is 3.55. The highest BCUT2D eigenvalue weighted by Gasteiger charge is 2.03. The fraction of sp³-hybridized carbons (Fsp3) is 0.286. The van der Waals surface area contributed by atoms with Gasteiger partial charge in [0.25, 0.3) is 0 Å². The maximum Gasteiger partial charge on any atom is 0.224 e. The molecule has 0 fully saturated rings. The van der Waals surface area contributed by atoms with Crippen LogP contribution in [0.3, 0.4) is 0 Å². The van der Waals surface area contributed by atoms with E-state index >= 15 is 0 Å². The fourth-order valence-corrected chi connectivity index (χ4v) is 0.884. The molecule has 0 aromatic carbocycles. The molecule has 1 aromatic rings. The van der Waals surface area contributed by atoms with E-state index in [1.807, 2.05) is 6.07 Å². The van der Waals surface area contributed by atoms with Crippen LogP contribution in [-0.2, 0) is 0 Å². The van der Waals surface area contributed by atoms with E-state index < -0.39 is 0 Å². The zero-order chi connectivity index (χ0) is 9.68. The standard InChI is InChI=1S/C7H7ClN4O/c8-7-11-4-5(3-9)6(12-7)10-1-2-13/h4,13H,1-2H2,(H,10,11,12). The van der Waals surface area contributed by atoms with Crippen molar-refractivity contribution in [2.24, 2.45) is 0 Å². The number of hydrogen-bond donors (Lipinski definition) is 2. The molecule has 0 saturated carbocycles. The molecule has 0 radical (unpaired) electrons. The second-order valence-corrected chi connectivity index (χ2v) is 2.50. The van der Waals surface area contributed by atoms with Crippen LogP contribution in [0.1, 0.15) is 5.56 Å². The summed E-state index contributed by atoms with van der Waals surface area (Å²) in [5.41, 5.74) is 0.304. The van der Waals surface area contributed by atoms with Gasteiger partial charge in [-0.3, -0.25) is 0 Å². The third kappa shape index (κ3) is 2.54. The predicted molar refractivity (Wildman–Crippen MR) is 47.3 cm³/mol. The normalized spacial score (nSPS) is 9.31. The van der Waals surface area contributed by atoms with E-state index in [-0.39, 0.29) is 11.9 Å². The summed E-state index contributed by atoms with van der Waals surface area (Å²) in [5, 5.41) is 20.0. The van der Waals surface area contributed by atoms with Gasteiger partial charge in [0.2, 0.25) is 5.28 Å². The Morgan fingerprint density at radius 1 is 1.69 bits per heavy atom. The van der Waals surface area contributed by atoms with Gasteiger partial charge in [0.15, 0.2) is 0 Å². The molecule has 0 aliphatic rings. The molecule has 5 nitrogen and oxygen atoms in total. The molecule has 1 aromatic heterocycles. The summed E-state index contributed by atoms with van der Waals surface area (Å²) in [6, 6.07) is 1.90. The molecule has 0 aliphatic carbocycles. The minimum Gasteiger partial charge on any atom is -0.395 e. The van der Waals surface area contributed by atoms with E-state index in [4.69, 9.17) is 22.0 Å². The highest BCUT2D eigenvalue weighted by Crippen LogP contribution is 2.11. The van der Waals surface area contributed by atoms with Gasteiger partial charge in [0.05, 0.1) is 12.8 Å². The van der Waals surface area contributed by atoms with E-state index in [0.717, 1.165) is 0 Å². The van der Waals surface area contributed by atoms with Gasteiger partial charge in [-0.2, -0.15) is 10.2 Å². The van der Waals surface area contributed by atoms with E-state index in [9.17, 15) is 0 Å². The molecule has 6 heteroatoms. The molecule has 13 heavy (non-hydrogen) atoms. The molecule has 0 saturated heterocycles. The Balaban J connectivity index is 2.89. The zero-order valence-corrected chi connectivity index (χ0v) is 7.41. The minimum atomic E-state index is -0.0352. The predicted octanol–water partition coefficient (Wildman–Crippen LogP) is 0.406. The number of hydrogen-bond acceptors (Lipinski definition) is 5. The van der Waals surface area contributed by atoms with E-state index in [1.54, 1.807) is 0 Å². The van der Waals surface area contributed by atoms with Crippen molar-refractivity contribution < 1.29 is 5.11 Å². The molecular formula is C7H7ClN4O. The summed E-state index contributed by atoms with van der Waals surface area (Å²) in [7, 11) is 0. The number of halogens is 1. The number of nitriles is 1. The third-order valence-electron chi connectivity index (χ3n) is 1.28. The first kappa shape index (κ1) is 9.71. The second kappa shape index (κ2) is 4.60. The van der Waals surface area contributed by atoms with Crippen LogP contribution < -0.4 is 5.32 Å². The van der Waals surface area contributed by atoms with E-state index in [2.05, 4.69) is 15.3 Å². The highest BCUT2D eigenvalue weighted by molar-refractivity contribution is 6.28. The van der Waals surface area contributed by atoms with Crippen molar-refractivity contribution in [3.8, 4) is 6.07 Å². The summed E-state index contributed by atoms with van der Waals surface area (Å²) < 4.78 is 0. The van der Waals surface area contributed by atoms with E-state index in [0.29, 0.717) is 17.9 Å². The number of aliphatic hydroxyl groups excluding tert-OH is 1. The fourth-order valence-electron chi connectivity index (χ4n) is 0.751. The van der Waals surface area contributed by atoms with Crippen LogP contribution in [-0.4, -0.2) is 28.2 Å². The van der Waals surface area contributed by atoms with Crippen LogP contribution >= 0.6 is 11.6 Å². The van der Waals surface area contributed by atoms with Gasteiger partial charge in [0.1, 0.15) is 17.5 Å². The van der Waals surface area contributed by atoms with Gasteiger partial charge < -0.3 is 10.4 Å². The van der Waals surface area contributed by atoms with E-state index in [1.165, 1.54) is 6.20 Å². The number of rotatable bonds is 3. The maximum absolute atomic E-state index is 8.63.